The number of carbonyl (C=O) groups excluding carboxylic acids is 1. The standard InChI is InChI=1S/C23H23FN2O4S/c1-16-3-4-17(2)22(13-16)31(29,30)26(15-19-5-9-20(24)10-6-19)21-11-7-18(8-12-21)14-23(27)25-28/h3-13,28H,14-15H2,1-2H3,(H,25,27). The first-order valence-corrected chi connectivity index (χ1v) is 11.0. The van der Waals surface area contributed by atoms with Crippen LogP contribution in [0.4, 0.5) is 10.1 Å². The number of anilines is 1. The molecular weight excluding hydrogens is 419 g/mol. The topological polar surface area (TPSA) is 86.7 Å². The Balaban J connectivity index is 2.05. The number of halogens is 1. The zero-order valence-corrected chi connectivity index (χ0v) is 18.0. The molecule has 0 radical (unpaired) electrons. The molecule has 2 N–H and O–H groups in total. The number of nitrogens with one attached hydrogen (secondary N) is 1. The predicted molar refractivity (Wildman–Crippen MR) is 116 cm³/mol. The molecule has 0 heterocycles. The first-order chi connectivity index (χ1) is 14.7. The van der Waals surface area contributed by atoms with Gasteiger partial charge in [0.1, 0.15) is 5.82 Å². The molecule has 162 valence electrons. The highest BCUT2D eigenvalue weighted by Gasteiger charge is 2.27. The molecule has 3 aromatic carbocycles. The van der Waals surface area contributed by atoms with E-state index in [0.717, 1.165) is 5.56 Å². The SMILES string of the molecule is Cc1ccc(C)c(S(=O)(=O)N(Cc2ccc(F)cc2)c2ccc(CC(=O)NO)cc2)c1. The van der Waals surface area contributed by atoms with E-state index in [1.807, 2.05) is 13.0 Å². The zero-order chi connectivity index (χ0) is 22.6. The van der Waals surface area contributed by atoms with E-state index in [9.17, 15) is 17.6 Å². The lowest BCUT2D eigenvalue weighted by Gasteiger charge is -2.26. The lowest BCUT2D eigenvalue weighted by Crippen LogP contribution is -2.31. The fraction of sp³-hybridized carbons (Fsp3) is 0.174. The third-order valence-electron chi connectivity index (χ3n) is 4.86. The maximum Gasteiger partial charge on any atom is 0.264 e. The van der Waals surface area contributed by atoms with Crippen molar-refractivity contribution < 1.29 is 22.8 Å². The molecule has 6 nitrogen and oxygen atoms in total. The second-order valence-electron chi connectivity index (χ2n) is 7.29. The summed E-state index contributed by atoms with van der Waals surface area (Å²) in [7, 11) is -3.94. The highest BCUT2D eigenvalue weighted by atomic mass is 32.2. The van der Waals surface area contributed by atoms with E-state index < -0.39 is 21.7 Å². The van der Waals surface area contributed by atoms with Crippen molar-refractivity contribution in [3.05, 3.63) is 94.8 Å². The van der Waals surface area contributed by atoms with Crippen LogP contribution < -0.4 is 9.79 Å². The van der Waals surface area contributed by atoms with Crippen molar-refractivity contribution in [3.63, 3.8) is 0 Å². The van der Waals surface area contributed by atoms with Crippen molar-refractivity contribution in [1.29, 1.82) is 0 Å². The summed E-state index contributed by atoms with van der Waals surface area (Å²) in [5, 5.41) is 8.69. The highest BCUT2D eigenvalue weighted by Crippen LogP contribution is 2.29. The molecule has 8 heteroatoms. The Morgan fingerprint density at radius 2 is 1.58 bits per heavy atom. The number of benzene rings is 3. The molecule has 0 atom stereocenters. The minimum Gasteiger partial charge on any atom is -0.289 e. The molecule has 0 aliphatic heterocycles. The second kappa shape index (κ2) is 9.28. The van der Waals surface area contributed by atoms with E-state index in [1.165, 1.54) is 16.4 Å². The van der Waals surface area contributed by atoms with Crippen molar-refractivity contribution >= 4 is 21.6 Å². The number of hydrogen-bond acceptors (Lipinski definition) is 4. The minimum atomic E-state index is -3.94. The van der Waals surface area contributed by atoms with Crippen LogP contribution in [-0.4, -0.2) is 19.5 Å². The summed E-state index contributed by atoms with van der Waals surface area (Å²) in [6.07, 6.45) is -0.0432. The van der Waals surface area contributed by atoms with Crippen LogP contribution in [-0.2, 0) is 27.8 Å². The summed E-state index contributed by atoms with van der Waals surface area (Å²) >= 11 is 0. The number of aryl methyl sites for hydroxylation is 2. The summed E-state index contributed by atoms with van der Waals surface area (Å²) in [5.41, 5.74) is 4.64. The van der Waals surface area contributed by atoms with Crippen molar-refractivity contribution in [2.75, 3.05) is 4.31 Å². The molecule has 0 aromatic heterocycles. The molecule has 0 saturated heterocycles. The highest BCUT2D eigenvalue weighted by molar-refractivity contribution is 7.92. The van der Waals surface area contributed by atoms with Gasteiger partial charge >= 0.3 is 0 Å². The van der Waals surface area contributed by atoms with E-state index in [4.69, 9.17) is 5.21 Å². The van der Waals surface area contributed by atoms with Gasteiger partial charge in [-0.2, -0.15) is 0 Å². The van der Waals surface area contributed by atoms with Gasteiger partial charge in [0, 0.05) is 0 Å². The minimum absolute atomic E-state index is 0.00642. The third-order valence-corrected chi connectivity index (χ3v) is 6.78. The average Bonchev–Trinajstić information content (AvgIpc) is 2.75. The summed E-state index contributed by atoms with van der Waals surface area (Å²) in [6, 6.07) is 17.3. The number of carbonyl (C=O) groups is 1. The molecule has 0 unspecified atom stereocenters. The lowest BCUT2D eigenvalue weighted by atomic mass is 10.1. The predicted octanol–water partition coefficient (Wildman–Crippen LogP) is 3.89. The number of sulfonamides is 1. The normalized spacial score (nSPS) is 11.2. The Hall–Kier alpha value is -3.23. The number of hydrogen-bond donors (Lipinski definition) is 2. The first-order valence-electron chi connectivity index (χ1n) is 9.57. The summed E-state index contributed by atoms with van der Waals surface area (Å²) in [4.78, 5) is 11.6. The summed E-state index contributed by atoms with van der Waals surface area (Å²) < 4.78 is 41.9. The van der Waals surface area contributed by atoms with Gasteiger partial charge in [0.05, 0.1) is 23.5 Å². The van der Waals surface area contributed by atoms with Gasteiger partial charge in [0.25, 0.3) is 10.0 Å². The van der Waals surface area contributed by atoms with Crippen LogP contribution in [0.3, 0.4) is 0 Å². The number of hydroxylamine groups is 1. The van der Waals surface area contributed by atoms with Crippen molar-refractivity contribution in [2.24, 2.45) is 0 Å². The van der Waals surface area contributed by atoms with Crippen LogP contribution >= 0.6 is 0 Å². The maximum absolute atomic E-state index is 13.6. The van der Waals surface area contributed by atoms with Crippen LogP contribution in [0.1, 0.15) is 22.3 Å². The number of nitrogens with zero attached hydrogens (tertiary/aromatic N) is 1. The van der Waals surface area contributed by atoms with Gasteiger partial charge in [-0.05, 0) is 66.4 Å². The van der Waals surface area contributed by atoms with Gasteiger partial charge in [-0.3, -0.25) is 14.3 Å². The molecular formula is C23H23FN2O4S. The molecule has 1 amide bonds. The Morgan fingerprint density at radius 1 is 0.968 bits per heavy atom. The monoisotopic (exact) mass is 442 g/mol. The molecule has 3 aromatic rings. The van der Waals surface area contributed by atoms with Gasteiger partial charge in [0.15, 0.2) is 0 Å². The van der Waals surface area contributed by atoms with Crippen molar-refractivity contribution in [1.82, 2.24) is 5.48 Å². The number of amides is 1. The Bertz CT molecular complexity index is 1180. The van der Waals surface area contributed by atoms with Gasteiger partial charge in [0.2, 0.25) is 5.91 Å². The molecule has 3 rings (SSSR count). The fourth-order valence-corrected chi connectivity index (χ4v) is 4.95. The smallest absolute Gasteiger partial charge is 0.264 e. The van der Waals surface area contributed by atoms with Crippen LogP contribution in [0.5, 0.6) is 0 Å². The van der Waals surface area contributed by atoms with Gasteiger partial charge in [-0.15, -0.1) is 0 Å². The molecule has 0 aliphatic carbocycles. The Morgan fingerprint density at radius 3 is 2.19 bits per heavy atom. The molecule has 0 aliphatic rings. The molecule has 0 spiro atoms. The first kappa shape index (κ1) is 22.5. The van der Waals surface area contributed by atoms with Crippen molar-refractivity contribution in [2.45, 2.75) is 31.7 Å². The quantitative estimate of drug-likeness (QED) is 0.429. The van der Waals surface area contributed by atoms with E-state index in [0.29, 0.717) is 22.4 Å². The fourth-order valence-electron chi connectivity index (χ4n) is 3.18. The number of rotatable bonds is 7. The summed E-state index contributed by atoms with van der Waals surface area (Å²) in [6.45, 7) is 3.56. The van der Waals surface area contributed by atoms with Crippen LogP contribution in [0.25, 0.3) is 0 Å². The molecule has 0 fully saturated rings. The summed E-state index contributed by atoms with van der Waals surface area (Å²) in [5.74, 6) is -0.974. The lowest BCUT2D eigenvalue weighted by molar-refractivity contribution is -0.128. The van der Waals surface area contributed by atoms with E-state index in [1.54, 1.807) is 60.9 Å². The third kappa shape index (κ3) is 5.28. The zero-order valence-electron chi connectivity index (χ0n) is 17.2. The van der Waals surface area contributed by atoms with Gasteiger partial charge in [-0.1, -0.05) is 36.4 Å². The van der Waals surface area contributed by atoms with Gasteiger partial charge in [-0.25, -0.2) is 18.3 Å². The molecule has 0 saturated carbocycles. The van der Waals surface area contributed by atoms with E-state index in [2.05, 4.69) is 0 Å². The molecule has 31 heavy (non-hydrogen) atoms. The Labute approximate surface area is 181 Å². The van der Waals surface area contributed by atoms with Crippen LogP contribution in [0.15, 0.2) is 71.6 Å². The largest absolute Gasteiger partial charge is 0.289 e. The van der Waals surface area contributed by atoms with Crippen LogP contribution in [0, 0.1) is 19.7 Å². The maximum atomic E-state index is 13.6. The van der Waals surface area contributed by atoms with Gasteiger partial charge < -0.3 is 0 Å². The van der Waals surface area contributed by atoms with E-state index in [-0.39, 0.29) is 17.9 Å². The van der Waals surface area contributed by atoms with E-state index >= 15 is 0 Å². The van der Waals surface area contributed by atoms with Crippen molar-refractivity contribution in [3.8, 4) is 0 Å². The Kier molecular flexibility index (Phi) is 6.72. The molecule has 0 bridgehead atoms. The van der Waals surface area contributed by atoms with Crippen LogP contribution in [0.2, 0.25) is 0 Å². The second-order valence-corrected chi connectivity index (χ2v) is 9.12. The average molecular weight is 443 g/mol.